The highest BCUT2D eigenvalue weighted by Gasteiger charge is 2.18. The Kier molecular flexibility index (Phi) is 5.80. The Morgan fingerprint density at radius 2 is 1.82 bits per heavy atom. The van der Waals surface area contributed by atoms with E-state index >= 15 is 0 Å². The zero-order chi connectivity index (χ0) is 22.8. The highest BCUT2D eigenvalue weighted by atomic mass is 32.2. The molecule has 2 aromatic carbocycles. The van der Waals surface area contributed by atoms with Crippen LogP contribution in [0.2, 0.25) is 0 Å². The third-order valence-corrected chi connectivity index (χ3v) is 6.85. The van der Waals surface area contributed by atoms with E-state index in [1.807, 2.05) is 66.7 Å². The molecule has 0 saturated carbocycles. The van der Waals surface area contributed by atoms with Crippen molar-refractivity contribution in [1.82, 2.24) is 14.7 Å². The average Bonchev–Trinajstić information content (AvgIpc) is 3.45. The van der Waals surface area contributed by atoms with Crippen LogP contribution in [0.4, 0.5) is 5.88 Å². The number of thiophene rings is 1. The van der Waals surface area contributed by atoms with Gasteiger partial charge in [-0.2, -0.15) is 0 Å². The number of nitrogens with zero attached hydrogens (tertiary/aromatic N) is 3. The molecule has 5 aromatic rings. The second-order valence-corrected chi connectivity index (χ2v) is 9.21. The molecule has 164 valence electrons. The monoisotopic (exact) mass is 474 g/mol. The van der Waals surface area contributed by atoms with Crippen molar-refractivity contribution >= 4 is 45.1 Å². The highest BCUT2D eigenvalue weighted by molar-refractivity contribution is 7.99. The van der Waals surface area contributed by atoms with E-state index < -0.39 is 0 Å². The lowest BCUT2D eigenvalue weighted by molar-refractivity contribution is -0.113. The second-order valence-electron chi connectivity index (χ2n) is 7.24. The molecule has 9 heteroatoms. The van der Waals surface area contributed by atoms with E-state index in [0.717, 1.165) is 10.4 Å². The van der Waals surface area contributed by atoms with Crippen LogP contribution in [-0.2, 0) is 4.79 Å². The number of rotatable bonds is 6. The fourth-order valence-electron chi connectivity index (χ4n) is 3.33. The Hall–Kier alpha value is -3.69. The molecule has 0 aliphatic rings. The molecule has 1 N–H and O–H groups in total. The molecule has 0 saturated heterocycles. The zero-order valence-electron chi connectivity index (χ0n) is 17.5. The molecule has 0 spiro atoms. The summed E-state index contributed by atoms with van der Waals surface area (Å²) in [6.45, 7) is 1.77. The van der Waals surface area contributed by atoms with Crippen LogP contribution < -0.4 is 10.9 Å². The summed E-state index contributed by atoms with van der Waals surface area (Å²) in [4.78, 5) is 32.4. The van der Waals surface area contributed by atoms with Gasteiger partial charge in [0.05, 0.1) is 22.5 Å². The lowest BCUT2D eigenvalue weighted by Crippen LogP contribution is -2.22. The van der Waals surface area contributed by atoms with Gasteiger partial charge in [0.2, 0.25) is 11.8 Å². The van der Waals surface area contributed by atoms with Crippen LogP contribution >= 0.6 is 23.1 Å². The first kappa shape index (κ1) is 21.2. The number of thioether (sulfide) groups is 1. The van der Waals surface area contributed by atoms with Crippen molar-refractivity contribution in [2.45, 2.75) is 12.1 Å². The van der Waals surface area contributed by atoms with Crippen LogP contribution in [0.3, 0.4) is 0 Å². The quantitative estimate of drug-likeness (QED) is 0.271. The van der Waals surface area contributed by atoms with Gasteiger partial charge >= 0.3 is 0 Å². The number of para-hydroxylation sites is 1. The maximum atomic E-state index is 13.5. The second kappa shape index (κ2) is 9.05. The number of aryl methyl sites for hydroxylation is 1. The first-order valence-corrected chi connectivity index (χ1v) is 11.9. The molecule has 7 nitrogen and oxygen atoms in total. The number of benzene rings is 2. The summed E-state index contributed by atoms with van der Waals surface area (Å²) in [7, 11) is 0. The largest absolute Gasteiger partial charge is 0.338 e. The minimum absolute atomic E-state index is 0.0570. The SMILES string of the molecule is Cc1cc(NC(=O)CSc2nc3sc(-c4ccccc4)cc3c(=O)n2-c2ccccc2)on1. The van der Waals surface area contributed by atoms with Gasteiger partial charge in [-0.25, -0.2) is 4.98 Å². The molecule has 0 aliphatic heterocycles. The number of carbonyl (C=O) groups is 1. The smallest absolute Gasteiger partial charge is 0.267 e. The molecule has 0 fully saturated rings. The van der Waals surface area contributed by atoms with E-state index in [2.05, 4.69) is 10.5 Å². The number of nitrogens with one attached hydrogen (secondary N) is 1. The topological polar surface area (TPSA) is 90.0 Å². The van der Waals surface area contributed by atoms with Crippen molar-refractivity contribution in [1.29, 1.82) is 0 Å². The Bertz CT molecular complexity index is 1490. The summed E-state index contributed by atoms with van der Waals surface area (Å²) >= 11 is 2.66. The van der Waals surface area contributed by atoms with Gasteiger partial charge < -0.3 is 4.52 Å². The molecule has 5 rings (SSSR count). The number of hydrogen-bond acceptors (Lipinski definition) is 7. The average molecular weight is 475 g/mol. The van der Waals surface area contributed by atoms with E-state index in [9.17, 15) is 9.59 Å². The van der Waals surface area contributed by atoms with Crippen molar-refractivity contribution in [2.75, 3.05) is 11.1 Å². The number of aromatic nitrogens is 3. The van der Waals surface area contributed by atoms with E-state index in [0.29, 0.717) is 26.8 Å². The molecule has 1 amide bonds. The summed E-state index contributed by atoms with van der Waals surface area (Å²) in [5.41, 5.74) is 2.23. The minimum Gasteiger partial charge on any atom is -0.338 e. The van der Waals surface area contributed by atoms with E-state index in [-0.39, 0.29) is 23.1 Å². The highest BCUT2D eigenvalue weighted by Crippen LogP contribution is 2.32. The summed E-state index contributed by atoms with van der Waals surface area (Å²) in [5, 5.41) is 7.43. The van der Waals surface area contributed by atoms with Crippen LogP contribution in [0.15, 0.2) is 87.3 Å². The first-order valence-electron chi connectivity index (χ1n) is 10.1. The number of anilines is 1. The fraction of sp³-hybridized carbons (Fsp3) is 0.0833. The number of amides is 1. The molecule has 0 radical (unpaired) electrons. The van der Waals surface area contributed by atoms with Crippen molar-refractivity contribution in [3.63, 3.8) is 0 Å². The van der Waals surface area contributed by atoms with Crippen LogP contribution in [0.25, 0.3) is 26.3 Å². The summed E-state index contributed by atoms with van der Waals surface area (Å²) in [5.74, 6) is 0.0653. The van der Waals surface area contributed by atoms with Crippen molar-refractivity contribution in [3.8, 4) is 16.1 Å². The third kappa shape index (κ3) is 4.46. The lowest BCUT2D eigenvalue weighted by Gasteiger charge is -2.11. The maximum Gasteiger partial charge on any atom is 0.267 e. The molecule has 0 atom stereocenters. The Balaban J connectivity index is 1.53. The van der Waals surface area contributed by atoms with E-state index in [4.69, 9.17) is 9.51 Å². The summed E-state index contributed by atoms with van der Waals surface area (Å²) in [6.07, 6.45) is 0. The number of hydrogen-bond donors (Lipinski definition) is 1. The van der Waals surface area contributed by atoms with E-state index in [1.165, 1.54) is 23.1 Å². The third-order valence-electron chi connectivity index (χ3n) is 4.83. The van der Waals surface area contributed by atoms with Crippen LogP contribution in [0.5, 0.6) is 0 Å². The number of carbonyl (C=O) groups excluding carboxylic acids is 1. The Labute approximate surface area is 197 Å². The lowest BCUT2D eigenvalue weighted by atomic mass is 10.2. The van der Waals surface area contributed by atoms with Gasteiger partial charge in [0.15, 0.2) is 5.16 Å². The van der Waals surface area contributed by atoms with Crippen molar-refractivity contribution < 1.29 is 9.32 Å². The van der Waals surface area contributed by atoms with Gasteiger partial charge in [0.25, 0.3) is 5.56 Å². The molecular formula is C24H18N4O3S2. The standard InChI is InChI=1S/C24H18N4O3S2/c1-15-12-21(31-27-15)25-20(29)14-32-24-26-22-18(13-19(33-22)16-8-4-2-5-9-16)23(30)28(24)17-10-6-3-7-11-17/h2-13H,14H2,1H3,(H,25,29). The van der Waals surface area contributed by atoms with Gasteiger partial charge in [-0.05, 0) is 30.7 Å². The van der Waals surface area contributed by atoms with Crippen LogP contribution in [0.1, 0.15) is 5.69 Å². The van der Waals surface area contributed by atoms with Gasteiger partial charge in [-0.3, -0.25) is 19.5 Å². The molecule has 0 aliphatic carbocycles. The minimum atomic E-state index is -0.277. The van der Waals surface area contributed by atoms with Gasteiger partial charge in [0, 0.05) is 10.9 Å². The normalized spacial score (nSPS) is 11.1. The molecule has 3 heterocycles. The van der Waals surface area contributed by atoms with Crippen molar-refractivity contribution in [3.05, 3.63) is 88.8 Å². The number of fused-ring (bicyclic) bond motifs is 1. The molecule has 33 heavy (non-hydrogen) atoms. The zero-order valence-corrected chi connectivity index (χ0v) is 19.2. The molecule has 0 unspecified atom stereocenters. The first-order chi connectivity index (χ1) is 16.1. The molecule has 3 aromatic heterocycles. The van der Waals surface area contributed by atoms with Gasteiger partial charge in [-0.15, -0.1) is 11.3 Å². The van der Waals surface area contributed by atoms with Crippen molar-refractivity contribution in [2.24, 2.45) is 0 Å². The fourth-order valence-corrected chi connectivity index (χ4v) is 5.22. The van der Waals surface area contributed by atoms with Gasteiger partial charge in [-0.1, -0.05) is 65.4 Å². The molecule has 0 bridgehead atoms. The summed E-state index contributed by atoms with van der Waals surface area (Å²) < 4.78 is 6.60. The predicted octanol–water partition coefficient (Wildman–Crippen LogP) is 5.14. The van der Waals surface area contributed by atoms with Crippen LogP contribution in [0, 0.1) is 6.92 Å². The Morgan fingerprint density at radius 1 is 1.09 bits per heavy atom. The predicted molar refractivity (Wildman–Crippen MR) is 131 cm³/mol. The Morgan fingerprint density at radius 3 is 2.52 bits per heavy atom. The maximum absolute atomic E-state index is 13.5. The summed E-state index contributed by atoms with van der Waals surface area (Å²) in [6, 6.07) is 22.7. The molecular weight excluding hydrogens is 456 g/mol. The van der Waals surface area contributed by atoms with E-state index in [1.54, 1.807) is 17.6 Å². The van der Waals surface area contributed by atoms with Gasteiger partial charge in [0.1, 0.15) is 4.83 Å². The van der Waals surface area contributed by atoms with Crippen LogP contribution in [-0.4, -0.2) is 26.4 Å².